The van der Waals surface area contributed by atoms with Crippen molar-refractivity contribution in [2.24, 2.45) is 7.05 Å². The van der Waals surface area contributed by atoms with Gasteiger partial charge in [-0.3, -0.25) is 4.68 Å². The van der Waals surface area contributed by atoms with Gasteiger partial charge in [-0.1, -0.05) is 13.8 Å². The van der Waals surface area contributed by atoms with Crippen LogP contribution in [0.25, 0.3) is 0 Å². The molecule has 0 spiro atoms. The van der Waals surface area contributed by atoms with Crippen LogP contribution in [0.1, 0.15) is 43.3 Å². The van der Waals surface area contributed by atoms with Gasteiger partial charge in [-0.05, 0) is 26.8 Å². The van der Waals surface area contributed by atoms with E-state index in [1.165, 1.54) is 11.3 Å². The summed E-state index contributed by atoms with van der Waals surface area (Å²) in [5.41, 5.74) is 3.59. The maximum atomic E-state index is 5.67. The monoisotopic (exact) mass is 239 g/mol. The van der Waals surface area contributed by atoms with Crippen LogP contribution in [0, 0.1) is 13.8 Å². The molecule has 1 aromatic heterocycles. The SMILES string of the molecule is CCCOCC(NCC)c1c(C)nn(C)c1C. The van der Waals surface area contributed by atoms with E-state index in [0.717, 1.165) is 31.9 Å². The lowest BCUT2D eigenvalue weighted by molar-refractivity contribution is 0.112. The third-order valence-corrected chi connectivity index (χ3v) is 3.00. The smallest absolute Gasteiger partial charge is 0.0662 e. The summed E-state index contributed by atoms with van der Waals surface area (Å²) < 4.78 is 7.61. The minimum absolute atomic E-state index is 0.250. The van der Waals surface area contributed by atoms with Gasteiger partial charge in [-0.15, -0.1) is 0 Å². The first-order chi connectivity index (χ1) is 8.11. The zero-order valence-corrected chi connectivity index (χ0v) is 11.7. The van der Waals surface area contributed by atoms with E-state index in [-0.39, 0.29) is 6.04 Å². The van der Waals surface area contributed by atoms with Crippen molar-refractivity contribution in [3.63, 3.8) is 0 Å². The zero-order chi connectivity index (χ0) is 12.8. The standard InChI is InChI=1S/C13H25N3O/c1-6-8-17-9-12(14-7-2)13-10(3)15-16(5)11(13)4/h12,14H,6-9H2,1-5H3. The molecule has 4 nitrogen and oxygen atoms in total. The van der Waals surface area contributed by atoms with Crippen LogP contribution in [-0.4, -0.2) is 29.5 Å². The fourth-order valence-corrected chi connectivity index (χ4v) is 2.13. The average Bonchev–Trinajstić information content (AvgIpc) is 2.53. The topological polar surface area (TPSA) is 39.1 Å². The summed E-state index contributed by atoms with van der Waals surface area (Å²) in [6, 6.07) is 0.250. The van der Waals surface area contributed by atoms with E-state index in [1.807, 2.05) is 11.7 Å². The number of rotatable bonds is 7. The highest BCUT2D eigenvalue weighted by molar-refractivity contribution is 5.28. The van der Waals surface area contributed by atoms with E-state index in [9.17, 15) is 0 Å². The van der Waals surface area contributed by atoms with Gasteiger partial charge < -0.3 is 10.1 Å². The van der Waals surface area contributed by atoms with Crippen LogP contribution in [-0.2, 0) is 11.8 Å². The molecule has 0 bridgehead atoms. The molecule has 0 aromatic carbocycles. The molecule has 0 radical (unpaired) electrons. The largest absolute Gasteiger partial charge is 0.379 e. The van der Waals surface area contributed by atoms with Crippen LogP contribution in [0.4, 0.5) is 0 Å². The second kappa shape index (κ2) is 6.77. The Morgan fingerprint density at radius 3 is 2.53 bits per heavy atom. The van der Waals surface area contributed by atoms with E-state index in [2.05, 4.69) is 38.1 Å². The molecule has 1 atom stereocenters. The van der Waals surface area contributed by atoms with E-state index < -0.39 is 0 Å². The maximum absolute atomic E-state index is 5.67. The van der Waals surface area contributed by atoms with Crippen LogP contribution in [0.5, 0.6) is 0 Å². The van der Waals surface area contributed by atoms with Crippen molar-refractivity contribution in [1.29, 1.82) is 0 Å². The molecule has 0 fully saturated rings. The molecule has 4 heteroatoms. The number of aryl methyl sites for hydroxylation is 2. The van der Waals surface area contributed by atoms with Crippen LogP contribution >= 0.6 is 0 Å². The van der Waals surface area contributed by atoms with Gasteiger partial charge in [0.05, 0.1) is 18.3 Å². The first-order valence-corrected chi connectivity index (χ1v) is 6.43. The van der Waals surface area contributed by atoms with Crippen molar-refractivity contribution in [2.45, 2.75) is 40.2 Å². The van der Waals surface area contributed by atoms with Gasteiger partial charge in [0.2, 0.25) is 0 Å². The Morgan fingerprint density at radius 2 is 2.06 bits per heavy atom. The maximum Gasteiger partial charge on any atom is 0.0662 e. The molecule has 0 saturated heterocycles. The first-order valence-electron chi connectivity index (χ1n) is 6.43. The fourth-order valence-electron chi connectivity index (χ4n) is 2.13. The number of ether oxygens (including phenoxy) is 1. The third kappa shape index (κ3) is 3.54. The van der Waals surface area contributed by atoms with Gasteiger partial charge in [-0.25, -0.2) is 0 Å². The Hall–Kier alpha value is -0.870. The predicted molar refractivity (Wildman–Crippen MR) is 70.2 cm³/mol. The lowest BCUT2D eigenvalue weighted by Crippen LogP contribution is -2.26. The second-order valence-electron chi connectivity index (χ2n) is 4.39. The Morgan fingerprint density at radius 1 is 1.35 bits per heavy atom. The van der Waals surface area contributed by atoms with Gasteiger partial charge in [0.25, 0.3) is 0 Å². The average molecular weight is 239 g/mol. The highest BCUT2D eigenvalue weighted by Crippen LogP contribution is 2.21. The summed E-state index contributed by atoms with van der Waals surface area (Å²) in [4.78, 5) is 0. The molecule has 0 amide bonds. The fraction of sp³-hybridized carbons (Fsp3) is 0.769. The summed E-state index contributed by atoms with van der Waals surface area (Å²) in [5.74, 6) is 0. The van der Waals surface area contributed by atoms with Crippen molar-refractivity contribution in [1.82, 2.24) is 15.1 Å². The molecule has 0 saturated carbocycles. The molecule has 1 rings (SSSR count). The van der Waals surface area contributed by atoms with Crippen molar-refractivity contribution in [3.8, 4) is 0 Å². The molecule has 1 aromatic rings. The summed E-state index contributed by atoms with van der Waals surface area (Å²) in [7, 11) is 1.99. The highest BCUT2D eigenvalue weighted by Gasteiger charge is 2.19. The van der Waals surface area contributed by atoms with E-state index in [0.29, 0.717) is 0 Å². The summed E-state index contributed by atoms with van der Waals surface area (Å²) in [5, 5.41) is 7.94. The summed E-state index contributed by atoms with van der Waals surface area (Å²) >= 11 is 0. The van der Waals surface area contributed by atoms with Gasteiger partial charge in [0, 0.05) is 24.9 Å². The molecular weight excluding hydrogens is 214 g/mol. The van der Waals surface area contributed by atoms with Crippen molar-refractivity contribution in [3.05, 3.63) is 17.0 Å². The van der Waals surface area contributed by atoms with E-state index in [4.69, 9.17) is 4.74 Å². The molecular formula is C13H25N3O. The van der Waals surface area contributed by atoms with Gasteiger partial charge >= 0.3 is 0 Å². The molecule has 98 valence electrons. The lowest BCUT2D eigenvalue weighted by Gasteiger charge is -2.18. The van der Waals surface area contributed by atoms with E-state index >= 15 is 0 Å². The second-order valence-corrected chi connectivity index (χ2v) is 4.39. The zero-order valence-electron chi connectivity index (χ0n) is 11.7. The molecule has 1 heterocycles. The Labute approximate surface area is 104 Å². The quantitative estimate of drug-likeness (QED) is 0.741. The van der Waals surface area contributed by atoms with Crippen LogP contribution in [0.2, 0.25) is 0 Å². The minimum Gasteiger partial charge on any atom is -0.379 e. The Bertz CT molecular complexity index is 347. The van der Waals surface area contributed by atoms with Gasteiger partial charge in [-0.2, -0.15) is 5.10 Å². The Balaban J connectivity index is 2.81. The van der Waals surface area contributed by atoms with Gasteiger partial charge in [0.15, 0.2) is 0 Å². The molecule has 17 heavy (non-hydrogen) atoms. The number of aromatic nitrogens is 2. The first kappa shape index (κ1) is 14.2. The summed E-state index contributed by atoms with van der Waals surface area (Å²) in [6.07, 6.45) is 1.06. The normalized spacial score (nSPS) is 13.0. The van der Waals surface area contributed by atoms with Crippen LogP contribution < -0.4 is 5.32 Å². The number of nitrogens with zero attached hydrogens (tertiary/aromatic N) is 2. The van der Waals surface area contributed by atoms with Gasteiger partial charge in [0.1, 0.15) is 0 Å². The van der Waals surface area contributed by atoms with Crippen LogP contribution in [0.3, 0.4) is 0 Å². The van der Waals surface area contributed by atoms with Crippen molar-refractivity contribution < 1.29 is 4.74 Å². The molecule has 1 unspecified atom stereocenters. The molecule has 0 aliphatic rings. The van der Waals surface area contributed by atoms with Crippen molar-refractivity contribution >= 4 is 0 Å². The number of likely N-dealkylation sites (N-methyl/N-ethyl adjacent to an activating group) is 1. The van der Waals surface area contributed by atoms with Crippen molar-refractivity contribution in [2.75, 3.05) is 19.8 Å². The predicted octanol–water partition coefficient (Wildman–Crippen LogP) is 2.11. The highest BCUT2D eigenvalue weighted by atomic mass is 16.5. The number of hydrogen-bond acceptors (Lipinski definition) is 3. The third-order valence-electron chi connectivity index (χ3n) is 3.00. The van der Waals surface area contributed by atoms with Crippen LogP contribution in [0.15, 0.2) is 0 Å². The molecule has 1 N–H and O–H groups in total. The number of hydrogen-bond donors (Lipinski definition) is 1. The number of nitrogens with one attached hydrogen (secondary N) is 1. The minimum atomic E-state index is 0.250. The molecule has 0 aliphatic carbocycles. The Kier molecular flexibility index (Phi) is 5.65. The van der Waals surface area contributed by atoms with E-state index in [1.54, 1.807) is 0 Å². The molecule has 0 aliphatic heterocycles. The summed E-state index contributed by atoms with van der Waals surface area (Å²) in [6.45, 7) is 10.9. The lowest BCUT2D eigenvalue weighted by atomic mass is 10.1.